The Morgan fingerprint density at radius 3 is 1.91 bits per heavy atom. The number of allylic oxidation sites excluding steroid dienone is 5. The van der Waals surface area contributed by atoms with Gasteiger partial charge in [-0.2, -0.15) is 0 Å². The Hall–Kier alpha value is -8.40. The largest absolute Gasteiger partial charge is 0.456 e. The van der Waals surface area contributed by atoms with Crippen molar-refractivity contribution in [2.75, 3.05) is 4.90 Å². The van der Waals surface area contributed by atoms with Crippen molar-refractivity contribution in [3.05, 3.63) is 259 Å². The van der Waals surface area contributed by atoms with Crippen LogP contribution < -0.4 is 4.90 Å². The number of fused-ring (bicyclic) bond motifs is 7. The van der Waals surface area contributed by atoms with Crippen molar-refractivity contribution in [3.8, 4) is 27.9 Å². The molecule has 0 bridgehead atoms. The fraction of sp³-hybridized carbons (Fsp3) is 0.0769. The van der Waals surface area contributed by atoms with Crippen molar-refractivity contribution in [3.63, 3.8) is 0 Å². The molecule has 0 spiro atoms. The van der Waals surface area contributed by atoms with Crippen molar-refractivity contribution in [1.82, 2.24) is 4.57 Å². The molecule has 324 valence electrons. The van der Waals surface area contributed by atoms with Gasteiger partial charge < -0.3 is 13.9 Å². The zero-order valence-electron chi connectivity index (χ0n) is 37.9. The number of hydrogen-bond acceptors (Lipinski definition) is 2. The molecule has 0 amide bonds. The minimum absolute atomic E-state index is 0.250. The van der Waals surface area contributed by atoms with Crippen LogP contribution in [0.5, 0.6) is 0 Å². The average molecular weight is 873 g/mol. The van der Waals surface area contributed by atoms with Gasteiger partial charge in [-0.25, -0.2) is 0 Å². The van der Waals surface area contributed by atoms with Crippen molar-refractivity contribution in [2.45, 2.75) is 25.7 Å². The molecular weight excluding hydrogens is 825 g/mol. The van der Waals surface area contributed by atoms with Crippen LogP contribution in [0.4, 0.5) is 11.4 Å². The molecule has 2 atom stereocenters. The van der Waals surface area contributed by atoms with Crippen LogP contribution in [0.2, 0.25) is 0 Å². The second kappa shape index (κ2) is 16.5. The molecule has 0 saturated heterocycles. The van der Waals surface area contributed by atoms with Crippen LogP contribution in [-0.2, 0) is 6.42 Å². The van der Waals surface area contributed by atoms with Gasteiger partial charge in [0.1, 0.15) is 11.3 Å². The molecule has 2 heterocycles. The number of furan rings is 1. The van der Waals surface area contributed by atoms with E-state index < -0.39 is 0 Å². The maximum atomic E-state index is 6.54. The van der Waals surface area contributed by atoms with Gasteiger partial charge in [-0.05, 0) is 112 Å². The lowest BCUT2D eigenvalue weighted by atomic mass is 9.87. The van der Waals surface area contributed by atoms with Gasteiger partial charge in [0.2, 0.25) is 0 Å². The van der Waals surface area contributed by atoms with E-state index in [4.69, 9.17) is 4.42 Å². The van der Waals surface area contributed by atoms with E-state index >= 15 is 0 Å². The van der Waals surface area contributed by atoms with Gasteiger partial charge in [0.05, 0.1) is 16.7 Å². The lowest BCUT2D eigenvalue weighted by Crippen LogP contribution is -2.24. The quantitative estimate of drug-likeness (QED) is 0.152. The predicted octanol–water partition coefficient (Wildman–Crippen LogP) is 17.5. The highest BCUT2D eigenvalue weighted by molar-refractivity contribution is 6.09. The van der Waals surface area contributed by atoms with Crippen LogP contribution in [-0.4, -0.2) is 4.57 Å². The van der Waals surface area contributed by atoms with Crippen molar-refractivity contribution >= 4 is 66.6 Å². The molecule has 3 heteroatoms. The molecule has 2 aliphatic rings. The lowest BCUT2D eigenvalue weighted by Gasteiger charge is -2.33. The first-order valence-electron chi connectivity index (χ1n) is 23.9. The van der Waals surface area contributed by atoms with E-state index in [-0.39, 0.29) is 5.92 Å². The van der Waals surface area contributed by atoms with E-state index in [9.17, 15) is 0 Å². The smallest absolute Gasteiger partial charge is 0.135 e. The van der Waals surface area contributed by atoms with Gasteiger partial charge in [-0.3, -0.25) is 0 Å². The average Bonchev–Trinajstić information content (AvgIpc) is 3.94. The summed E-state index contributed by atoms with van der Waals surface area (Å²) in [5.41, 5.74) is 17.9. The zero-order valence-corrected chi connectivity index (χ0v) is 37.9. The topological polar surface area (TPSA) is 21.3 Å². The highest BCUT2D eigenvalue weighted by Crippen LogP contribution is 2.44. The number of rotatable bonds is 8. The summed E-state index contributed by atoms with van der Waals surface area (Å²) in [5, 5.41) is 6.27. The minimum atomic E-state index is 0.250. The number of anilines is 2. The zero-order chi connectivity index (χ0) is 45.1. The molecule has 13 rings (SSSR count). The highest BCUT2D eigenvalue weighted by Gasteiger charge is 2.29. The van der Waals surface area contributed by atoms with Crippen LogP contribution in [0.15, 0.2) is 241 Å². The Balaban J connectivity index is 0.831. The van der Waals surface area contributed by atoms with E-state index in [0.29, 0.717) is 5.92 Å². The third-order valence-corrected chi connectivity index (χ3v) is 14.4. The molecule has 0 N–H and O–H groups in total. The third-order valence-electron chi connectivity index (χ3n) is 14.4. The molecule has 2 unspecified atom stereocenters. The van der Waals surface area contributed by atoms with Gasteiger partial charge in [0, 0.05) is 62.3 Å². The first-order chi connectivity index (χ1) is 33.6. The fourth-order valence-electron chi connectivity index (χ4n) is 11.0. The molecule has 2 aliphatic carbocycles. The summed E-state index contributed by atoms with van der Waals surface area (Å²) >= 11 is 0. The summed E-state index contributed by atoms with van der Waals surface area (Å²) in [7, 11) is 0. The van der Waals surface area contributed by atoms with Crippen LogP contribution >= 0.6 is 0 Å². The summed E-state index contributed by atoms with van der Waals surface area (Å²) in [6, 6.07) is 77.4. The van der Waals surface area contributed by atoms with Crippen molar-refractivity contribution < 1.29 is 4.42 Å². The Morgan fingerprint density at radius 2 is 1.16 bits per heavy atom. The second-order valence-electron chi connectivity index (χ2n) is 18.5. The van der Waals surface area contributed by atoms with Crippen LogP contribution in [0.25, 0.3) is 83.1 Å². The standard InChI is InChI=1S/C65H48N2O/c1-43-39-59-58-20-7-11-24-64(58)68-65(59)42-63(43)66(54-37-33-48(34-38-54)55-17-4-8-21-60(55)67-61-22-9-5-18-56(61)57-19-6-10-23-62(57)67)53-35-31-46(32-36-53)45-25-27-47(28-26-45)50-15-12-16-51(40-50)52-30-29-44-13-2-3-14-49(44)41-52/h2-27,29-38,40-43,47H,28,39H2,1H3. The van der Waals surface area contributed by atoms with Gasteiger partial charge in [0.25, 0.3) is 0 Å². The Kier molecular flexibility index (Phi) is 9.68. The van der Waals surface area contributed by atoms with E-state index in [1.807, 2.05) is 0 Å². The molecule has 0 fully saturated rings. The number of benzene rings is 9. The lowest BCUT2D eigenvalue weighted by molar-refractivity contribution is 0.573. The van der Waals surface area contributed by atoms with E-state index in [0.717, 1.165) is 41.2 Å². The normalized spacial score (nSPS) is 15.7. The second-order valence-corrected chi connectivity index (χ2v) is 18.5. The molecule has 3 nitrogen and oxygen atoms in total. The first kappa shape index (κ1) is 39.9. The van der Waals surface area contributed by atoms with E-state index in [1.54, 1.807) is 0 Å². The summed E-state index contributed by atoms with van der Waals surface area (Å²) in [5.74, 6) is 1.53. The maximum absolute atomic E-state index is 6.54. The fourth-order valence-corrected chi connectivity index (χ4v) is 11.0. The van der Waals surface area contributed by atoms with Crippen LogP contribution in [0.1, 0.15) is 41.7 Å². The van der Waals surface area contributed by atoms with Gasteiger partial charge >= 0.3 is 0 Å². The number of nitrogens with zero attached hydrogens (tertiary/aromatic N) is 2. The highest BCUT2D eigenvalue weighted by atomic mass is 16.3. The molecule has 9 aromatic carbocycles. The van der Waals surface area contributed by atoms with Gasteiger partial charge in [0.15, 0.2) is 0 Å². The van der Waals surface area contributed by atoms with Gasteiger partial charge in [-0.1, -0.05) is 183 Å². The molecule has 0 saturated carbocycles. The van der Waals surface area contributed by atoms with Crippen molar-refractivity contribution in [1.29, 1.82) is 0 Å². The molecule has 0 radical (unpaired) electrons. The number of aromatic nitrogens is 1. The maximum Gasteiger partial charge on any atom is 0.135 e. The molecule has 11 aromatic rings. The monoisotopic (exact) mass is 872 g/mol. The first-order valence-corrected chi connectivity index (χ1v) is 23.9. The molecule has 68 heavy (non-hydrogen) atoms. The van der Waals surface area contributed by atoms with Crippen LogP contribution in [0, 0.1) is 5.92 Å². The van der Waals surface area contributed by atoms with Crippen molar-refractivity contribution in [2.24, 2.45) is 5.92 Å². The minimum Gasteiger partial charge on any atom is -0.456 e. The number of hydrogen-bond donors (Lipinski definition) is 0. The van der Waals surface area contributed by atoms with E-state index in [1.165, 1.54) is 88.2 Å². The molecule has 0 aliphatic heterocycles. The SMILES string of the molecule is CC1Cc2c(oc3ccccc23)C=C1N(c1ccc(C2=CCC(c3cccc(-c4ccc5ccccc5c4)c3)C=C2)cc1)c1ccc(-c2ccccc2-n2c3ccccc3c3ccccc32)cc1. The summed E-state index contributed by atoms with van der Waals surface area (Å²) < 4.78 is 8.96. The molecular formula is C65H48N2O. The summed E-state index contributed by atoms with van der Waals surface area (Å²) in [4.78, 5) is 2.44. The third kappa shape index (κ3) is 6.89. The Morgan fingerprint density at radius 1 is 0.529 bits per heavy atom. The van der Waals surface area contributed by atoms with Gasteiger partial charge in [-0.15, -0.1) is 0 Å². The Labute approximate surface area is 396 Å². The Bertz CT molecular complexity index is 3770. The van der Waals surface area contributed by atoms with E-state index in [2.05, 4.69) is 253 Å². The van der Waals surface area contributed by atoms with Crippen LogP contribution in [0.3, 0.4) is 0 Å². The summed E-state index contributed by atoms with van der Waals surface area (Å²) in [6.45, 7) is 2.35. The number of para-hydroxylation sites is 4. The summed E-state index contributed by atoms with van der Waals surface area (Å²) in [6.07, 6.45) is 11.2. The predicted molar refractivity (Wildman–Crippen MR) is 286 cm³/mol. The molecule has 2 aromatic heterocycles.